The van der Waals surface area contributed by atoms with Gasteiger partial charge in [-0.3, -0.25) is 0 Å². The molecule has 16 heavy (non-hydrogen) atoms. The molecule has 3 heteroatoms. The van der Waals surface area contributed by atoms with Crippen LogP contribution in [-0.4, -0.2) is 10.1 Å². The Labute approximate surface area is 93.4 Å². The molecule has 2 nitrogen and oxygen atoms in total. The lowest BCUT2D eigenvalue weighted by atomic mass is 9.98. The minimum atomic E-state index is -0.486. The smallest absolute Gasteiger partial charge is 0.212 e. The van der Waals surface area contributed by atoms with Crippen molar-refractivity contribution < 1.29 is 9.50 Å². The summed E-state index contributed by atoms with van der Waals surface area (Å²) in [4.78, 5) is 3.62. The van der Waals surface area contributed by atoms with Crippen LogP contribution in [0.5, 0.6) is 0 Å². The Hall–Kier alpha value is -1.74. The monoisotopic (exact) mass is 217 g/mol. The zero-order valence-corrected chi connectivity index (χ0v) is 8.94. The van der Waals surface area contributed by atoms with Crippen LogP contribution in [0.4, 0.5) is 4.39 Å². The summed E-state index contributed by atoms with van der Waals surface area (Å²) in [7, 11) is 0. The van der Waals surface area contributed by atoms with E-state index in [2.05, 4.69) is 4.98 Å². The highest BCUT2D eigenvalue weighted by atomic mass is 19.1. The highest BCUT2D eigenvalue weighted by Gasteiger charge is 2.05. The summed E-state index contributed by atoms with van der Waals surface area (Å²) < 4.78 is 12.7. The van der Waals surface area contributed by atoms with Crippen molar-refractivity contribution in [2.75, 3.05) is 0 Å². The van der Waals surface area contributed by atoms with E-state index in [1.807, 2.05) is 25.1 Å². The lowest BCUT2D eigenvalue weighted by molar-refractivity contribution is 0.281. The summed E-state index contributed by atoms with van der Waals surface area (Å²) in [6.07, 6.45) is 1.50. The number of nitrogens with zero attached hydrogens (tertiary/aromatic N) is 1. The zero-order valence-electron chi connectivity index (χ0n) is 8.94. The van der Waals surface area contributed by atoms with Crippen molar-refractivity contribution in [2.45, 2.75) is 13.5 Å². The molecule has 82 valence electrons. The van der Waals surface area contributed by atoms with Gasteiger partial charge in [0.25, 0.3) is 0 Å². The van der Waals surface area contributed by atoms with Gasteiger partial charge in [-0.1, -0.05) is 18.2 Å². The largest absolute Gasteiger partial charge is 0.392 e. The highest BCUT2D eigenvalue weighted by Crippen LogP contribution is 2.25. The molecule has 0 aliphatic carbocycles. The van der Waals surface area contributed by atoms with E-state index in [1.54, 1.807) is 6.07 Å². The van der Waals surface area contributed by atoms with Crippen LogP contribution >= 0.6 is 0 Å². The van der Waals surface area contributed by atoms with Gasteiger partial charge in [-0.05, 0) is 35.7 Å². The van der Waals surface area contributed by atoms with Crippen molar-refractivity contribution in [3.05, 3.63) is 53.6 Å². The van der Waals surface area contributed by atoms with Crippen molar-refractivity contribution in [1.29, 1.82) is 0 Å². The standard InChI is InChI=1S/C13H12FNO/c1-9-11(8-16)3-2-4-12(9)10-5-6-13(14)15-7-10/h2-7,16H,8H2,1H3. The van der Waals surface area contributed by atoms with Gasteiger partial charge in [0.1, 0.15) is 0 Å². The number of benzene rings is 1. The molecule has 0 atom stereocenters. The van der Waals surface area contributed by atoms with Gasteiger partial charge in [0.05, 0.1) is 6.61 Å². The SMILES string of the molecule is Cc1c(CO)cccc1-c1ccc(F)nc1. The van der Waals surface area contributed by atoms with Crippen LogP contribution in [0.1, 0.15) is 11.1 Å². The summed E-state index contributed by atoms with van der Waals surface area (Å²) in [6.45, 7) is 1.94. The summed E-state index contributed by atoms with van der Waals surface area (Å²) in [5.41, 5.74) is 3.70. The molecule has 0 amide bonds. The first kappa shape index (κ1) is 10.8. The zero-order chi connectivity index (χ0) is 11.5. The average molecular weight is 217 g/mol. The highest BCUT2D eigenvalue weighted by molar-refractivity contribution is 5.67. The normalized spacial score (nSPS) is 10.4. The minimum absolute atomic E-state index is 0.00823. The van der Waals surface area contributed by atoms with Crippen LogP contribution in [0.2, 0.25) is 0 Å². The Bertz CT molecular complexity index is 494. The Morgan fingerprint density at radius 3 is 2.69 bits per heavy atom. The van der Waals surface area contributed by atoms with Gasteiger partial charge in [-0.15, -0.1) is 0 Å². The third-order valence-corrected chi connectivity index (χ3v) is 2.65. The maximum Gasteiger partial charge on any atom is 0.212 e. The molecule has 0 fully saturated rings. The van der Waals surface area contributed by atoms with Crippen LogP contribution in [0, 0.1) is 12.9 Å². The number of rotatable bonds is 2. The van der Waals surface area contributed by atoms with Crippen molar-refractivity contribution in [1.82, 2.24) is 4.98 Å². The predicted molar refractivity (Wildman–Crippen MR) is 60.3 cm³/mol. The van der Waals surface area contributed by atoms with E-state index in [9.17, 15) is 4.39 Å². The second-order valence-electron chi connectivity index (χ2n) is 3.62. The number of aliphatic hydroxyl groups is 1. The molecule has 1 N–H and O–H groups in total. The van der Waals surface area contributed by atoms with Crippen molar-refractivity contribution in [3.8, 4) is 11.1 Å². The van der Waals surface area contributed by atoms with Gasteiger partial charge in [0.15, 0.2) is 0 Å². The van der Waals surface area contributed by atoms with Crippen LogP contribution in [0.15, 0.2) is 36.5 Å². The Balaban J connectivity index is 2.51. The molecule has 0 aliphatic heterocycles. The van der Waals surface area contributed by atoms with Crippen LogP contribution < -0.4 is 0 Å². The van der Waals surface area contributed by atoms with Gasteiger partial charge < -0.3 is 5.11 Å². The topological polar surface area (TPSA) is 33.1 Å². The van der Waals surface area contributed by atoms with E-state index >= 15 is 0 Å². The van der Waals surface area contributed by atoms with Crippen molar-refractivity contribution in [3.63, 3.8) is 0 Å². The number of aliphatic hydroxyl groups excluding tert-OH is 1. The summed E-state index contributed by atoms with van der Waals surface area (Å²) in [6, 6.07) is 8.70. The lowest BCUT2D eigenvalue weighted by Crippen LogP contribution is -1.92. The van der Waals surface area contributed by atoms with E-state index in [0.717, 1.165) is 22.3 Å². The van der Waals surface area contributed by atoms with Crippen LogP contribution in [-0.2, 0) is 6.61 Å². The molecule has 0 saturated carbocycles. The first-order chi connectivity index (χ1) is 7.72. The quantitative estimate of drug-likeness (QED) is 0.784. The minimum Gasteiger partial charge on any atom is -0.392 e. The van der Waals surface area contributed by atoms with Gasteiger partial charge in [-0.25, -0.2) is 4.98 Å². The average Bonchev–Trinajstić information content (AvgIpc) is 2.31. The van der Waals surface area contributed by atoms with E-state index in [0.29, 0.717) is 0 Å². The van der Waals surface area contributed by atoms with E-state index in [1.165, 1.54) is 12.3 Å². The van der Waals surface area contributed by atoms with Crippen LogP contribution in [0.3, 0.4) is 0 Å². The third-order valence-electron chi connectivity index (χ3n) is 2.65. The molecule has 0 spiro atoms. The molecule has 0 bridgehead atoms. The lowest BCUT2D eigenvalue weighted by Gasteiger charge is -2.09. The van der Waals surface area contributed by atoms with E-state index in [4.69, 9.17) is 5.11 Å². The molecule has 1 heterocycles. The third kappa shape index (κ3) is 1.95. The fourth-order valence-corrected chi connectivity index (χ4v) is 1.70. The maximum atomic E-state index is 12.7. The van der Waals surface area contributed by atoms with Crippen molar-refractivity contribution >= 4 is 0 Å². The summed E-state index contributed by atoms with van der Waals surface area (Å²) in [5.74, 6) is -0.486. The Morgan fingerprint density at radius 1 is 1.25 bits per heavy atom. The molecular formula is C13H12FNO. The Morgan fingerprint density at radius 2 is 2.06 bits per heavy atom. The molecule has 0 unspecified atom stereocenters. The Kier molecular flexibility index (Phi) is 2.97. The fourth-order valence-electron chi connectivity index (χ4n) is 1.70. The molecule has 1 aromatic heterocycles. The van der Waals surface area contributed by atoms with Gasteiger partial charge in [0.2, 0.25) is 5.95 Å². The maximum absolute atomic E-state index is 12.7. The number of hydrogen-bond acceptors (Lipinski definition) is 2. The van der Waals surface area contributed by atoms with Gasteiger partial charge in [-0.2, -0.15) is 4.39 Å². The molecule has 2 rings (SSSR count). The predicted octanol–water partition coefficient (Wildman–Crippen LogP) is 2.69. The van der Waals surface area contributed by atoms with Crippen molar-refractivity contribution in [2.24, 2.45) is 0 Å². The molecule has 0 radical (unpaired) electrons. The first-order valence-electron chi connectivity index (χ1n) is 5.03. The van der Waals surface area contributed by atoms with Crippen LogP contribution in [0.25, 0.3) is 11.1 Å². The summed E-state index contributed by atoms with van der Waals surface area (Å²) in [5, 5.41) is 9.16. The fraction of sp³-hybridized carbons (Fsp3) is 0.154. The molecule has 2 aromatic rings. The second-order valence-corrected chi connectivity index (χ2v) is 3.62. The number of aromatic nitrogens is 1. The van der Waals surface area contributed by atoms with E-state index < -0.39 is 5.95 Å². The first-order valence-corrected chi connectivity index (χ1v) is 5.03. The second kappa shape index (κ2) is 4.41. The summed E-state index contributed by atoms with van der Waals surface area (Å²) >= 11 is 0. The molecule has 1 aromatic carbocycles. The number of halogens is 1. The molecule has 0 saturated heterocycles. The van der Waals surface area contributed by atoms with Gasteiger partial charge in [0, 0.05) is 11.8 Å². The molecular weight excluding hydrogens is 205 g/mol. The number of pyridine rings is 1. The molecule has 0 aliphatic rings. The number of hydrogen-bond donors (Lipinski definition) is 1. The van der Waals surface area contributed by atoms with Gasteiger partial charge >= 0.3 is 0 Å². The van der Waals surface area contributed by atoms with E-state index in [-0.39, 0.29) is 6.61 Å².